The molecule has 1 aromatic rings. The van der Waals surface area contributed by atoms with E-state index in [1.54, 1.807) is 18.4 Å². The Morgan fingerprint density at radius 3 is 2.41 bits per heavy atom. The maximum atomic E-state index is 11.8. The lowest BCUT2D eigenvalue weighted by Gasteiger charge is -2.13. The zero-order chi connectivity index (χ0) is 12.8. The lowest BCUT2D eigenvalue weighted by molar-refractivity contribution is -0.138. The summed E-state index contributed by atoms with van der Waals surface area (Å²) in [4.78, 5) is 22.6. The van der Waals surface area contributed by atoms with Gasteiger partial charge in [0.15, 0.2) is 0 Å². The topological polar surface area (TPSA) is 66.4 Å². The molecule has 1 unspecified atom stereocenters. The summed E-state index contributed by atoms with van der Waals surface area (Å²) in [5.41, 5.74) is 1.53. The Hall–Kier alpha value is -1.49. The van der Waals surface area contributed by atoms with E-state index >= 15 is 0 Å². The number of carbonyl (C=O) groups is 2. The molecule has 0 aromatic heterocycles. The van der Waals surface area contributed by atoms with Gasteiger partial charge in [0, 0.05) is 11.3 Å². The van der Waals surface area contributed by atoms with Crippen LogP contribution in [0.3, 0.4) is 0 Å². The summed E-state index contributed by atoms with van der Waals surface area (Å²) in [7, 11) is 0. The van der Waals surface area contributed by atoms with Crippen LogP contribution in [0.25, 0.3) is 0 Å². The van der Waals surface area contributed by atoms with Gasteiger partial charge in [-0.3, -0.25) is 4.79 Å². The second kappa shape index (κ2) is 6.30. The van der Waals surface area contributed by atoms with Gasteiger partial charge in [-0.15, -0.1) is 0 Å². The molecule has 0 saturated heterocycles. The van der Waals surface area contributed by atoms with Crippen molar-refractivity contribution in [1.82, 2.24) is 5.32 Å². The van der Waals surface area contributed by atoms with Crippen molar-refractivity contribution in [2.45, 2.75) is 13.0 Å². The van der Waals surface area contributed by atoms with Gasteiger partial charge in [-0.25, -0.2) is 4.79 Å². The van der Waals surface area contributed by atoms with Crippen LogP contribution in [0.4, 0.5) is 0 Å². The largest absolute Gasteiger partial charge is 0.480 e. The highest BCUT2D eigenvalue weighted by Gasteiger charge is 2.19. The van der Waals surface area contributed by atoms with Crippen molar-refractivity contribution in [3.63, 3.8) is 0 Å². The number of rotatable bonds is 5. The normalized spacial score (nSPS) is 11.9. The first-order valence-electron chi connectivity index (χ1n) is 5.14. The van der Waals surface area contributed by atoms with Crippen LogP contribution in [-0.4, -0.2) is 35.0 Å². The van der Waals surface area contributed by atoms with Crippen molar-refractivity contribution in [1.29, 1.82) is 0 Å². The standard InChI is InChI=1S/C12H15NO3S/c1-8-3-5-9(6-4-8)11(14)13-10(7-17-2)12(15)16/h3-6,10H,7H2,1-2H3,(H,13,14)(H,15,16). The van der Waals surface area contributed by atoms with Gasteiger partial charge in [-0.1, -0.05) is 17.7 Å². The van der Waals surface area contributed by atoms with Gasteiger partial charge in [0.05, 0.1) is 0 Å². The molecule has 92 valence electrons. The van der Waals surface area contributed by atoms with Crippen LogP contribution in [-0.2, 0) is 4.79 Å². The van der Waals surface area contributed by atoms with Crippen molar-refractivity contribution < 1.29 is 14.7 Å². The molecule has 0 aliphatic carbocycles. The van der Waals surface area contributed by atoms with E-state index in [0.29, 0.717) is 11.3 Å². The minimum absolute atomic E-state index is 0.354. The quantitative estimate of drug-likeness (QED) is 0.835. The molecule has 0 heterocycles. The van der Waals surface area contributed by atoms with Crippen LogP contribution in [0.1, 0.15) is 15.9 Å². The van der Waals surface area contributed by atoms with Gasteiger partial charge in [0.1, 0.15) is 6.04 Å². The second-order valence-electron chi connectivity index (χ2n) is 3.69. The molecule has 17 heavy (non-hydrogen) atoms. The predicted octanol–water partition coefficient (Wildman–Crippen LogP) is 1.54. The Bertz CT molecular complexity index is 403. The second-order valence-corrected chi connectivity index (χ2v) is 4.60. The smallest absolute Gasteiger partial charge is 0.327 e. The fourth-order valence-electron chi connectivity index (χ4n) is 1.29. The molecule has 1 amide bonds. The van der Waals surface area contributed by atoms with Gasteiger partial charge in [0.25, 0.3) is 5.91 Å². The molecule has 1 aromatic carbocycles. The summed E-state index contributed by atoms with van der Waals surface area (Å²) in [6.07, 6.45) is 1.80. The fraction of sp³-hybridized carbons (Fsp3) is 0.333. The number of carbonyl (C=O) groups excluding carboxylic acids is 1. The van der Waals surface area contributed by atoms with Crippen LogP contribution in [0.5, 0.6) is 0 Å². The van der Waals surface area contributed by atoms with Gasteiger partial charge >= 0.3 is 5.97 Å². The summed E-state index contributed by atoms with van der Waals surface area (Å²) in [5, 5.41) is 11.4. The minimum Gasteiger partial charge on any atom is -0.480 e. The Labute approximate surface area is 104 Å². The van der Waals surface area contributed by atoms with E-state index in [9.17, 15) is 9.59 Å². The number of aliphatic carboxylic acids is 1. The number of aryl methyl sites for hydroxylation is 1. The van der Waals surface area contributed by atoms with Crippen LogP contribution in [0.2, 0.25) is 0 Å². The molecule has 0 aliphatic rings. The first-order chi connectivity index (χ1) is 8.04. The zero-order valence-electron chi connectivity index (χ0n) is 9.77. The van der Waals surface area contributed by atoms with Crippen molar-refractivity contribution in [2.24, 2.45) is 0 Å². The molecule has 0 aliphatic heterocycles. The van der Waals surface area contributed by atoms with E-state index in [0.717, 1.165) is 5.56 Å². The average molecular weight is 253 g/mol. The summed E-state index contributed by atoms with van der Waals surface area (Å²) < 4.78 is 0. The lowest BCUT2D eigenvalue weighted by Crippen LogP contribution is -2.42. The number of carboxylic acids is 1. The summed E-state index contributed by atoms with van der Waals surface area (Å²) >= 11 is 1.38. The lowest BCUT2D eigenvalue weighted by atomic mass is 10.1. The molecule has 1 atom stereocenters. The zero-order valence-corrected chi connectivity index (χ0v) is 10.6. The first kappa shape index (κ1) is 13.6. The Balaban J connectivity index is 2.70. The summed E-state index contributed by atoms with van der Waals surface area (Å²) in [6.45, 7) is 1.93. The van der Waals surface area contributed by atoms with Gasteiger partial charge in [0.2, 0.25) is 0 Å². The predicted molar refractivity (Wildman–Crippen MR) is 68.5 cm³/mol. The van der Waals surface area contributed by atoms with E-state index in [2.05, 4.69) is 5.32 Å². The van der Waals surface area contributed by atoms with Crippen molar-refractivity contribution in [2.75, 3.05) is 12.0 Å². The van der Waals surface area contributed by atoms with Crippen molar-refractivity contribution in [3.05, 3.63) is 35.4 Å². The number of hydrogen-bond acceptors (Lipinski definition) is 3. The number of nitrogens with one attached hydrogen (secondary N) is 1. The Morgan fingerprint density at radius 1 is 1.35 bits per heavy atom. The molecule has 5 heteroatoms. The van der Waals surface area contributed by atoms with Crippen LogP contribution >= 0.6 is 11.8 Å². The van der Waals surface area contributed by atoms with E-state index in [4.69, 9.17) is 5.11 Å². The molecule has 0 fully saturated rings. The van der Waals surface area contributed by atoms with Gasteiger partial charge < -0.3 is 10.4 Å². The van der Waals surface area contributed by atoms with Gasteiger partial charge in [-0.05, 0) is 25.3 Å². The van der Waals surface area contributed by atoms with Crippen LogP contribution in [0, 0.1) is 6.92 Å². The van der Waals surface area contributed by atoms with E-state index in [1.807, 2.05) is 19.1 Å². The number of amides is 1. The highest BCUT2D eigenvalue weighted by atomic mass is 32.2. The van der Waals surface area contributed by atoms with Gasteiger partial charge in [-0.2, -0.15) is 11.8 Å². The molecule has 0 saturated carbocycles. The third-order valence-electron chi connectivity index (χ3n) is 2.25. The maximum Gasteiger partial charge on any atom is 0.327 e. The monoisotopic (exact) mass is 253 g/mol. The highest BCUT2D eigenvalue weighted by Crippen LogP contribution is 2.04. The molecule has 0 spiro atoms. The summed E-state index contributed by atoms with van der Waals surface area (Å²) in [5.74, 6) is -1.02. The molecular formula is C12H15NO3S. The summed E-state index contributed by atoms with van der Waals surface area (Å²) in [6, 6.07) is 6.16. The van der Waals surface area contributed by atoms with Crippen LogP contribution < -0.4 is 5.32 Å². The number of benzene rings is 1. The molecule has 1 rings (SSSR count). The molecular weight excluding hydrogens is 238 g/mol. The molecule has 2 N–H and O–H groups in total. The Kier molecular flexibility index (Phi) is 5.03. The first-order valence-corrected chi connectivity index (χ1v) is 6.53. The number of thioether (sulfide) groups is 1. The third-order valence-corrected chi connectivity index (χ3v) is 2.92. The average Bonchev–Trinajstić information content (AvgIpc) is 2.29. The molecule has 4 nitrogen and oxygen atoms in total. The SMILES string of the molecule is CSCC(NC(=O)c1ccc(C)cc1)C(=O)O. The maximum absolute atomic E-state index is 11.8. The Morgan fingerprint density at radius 2 is 1.94 bits per heavy atom. The van der Waals surface area contributed by atoms with Crippen LogP contribution in [0.15, 0.2) is 24.3 Å². The van der Waals surface area contributed by atoms with E-state index < -0.39 is 12.0 Å². The number of carboxylic acid groups (broad SMARTS) is 1. The van der Waals surface area contributed by atoms with Crippen molar-refractivity contribution >= 4 is 23.6 Å². The fourth-order valence-corrected chi connectivity index (χ4v) is 1.85. The van der Waals surface area contributed by atoms with E-state index in [1.165, 1.54) is 11.8 Å². The third kappa shape index (κ3) is 4.11. The highest BCUT2D eigenvalue weighted by molar-refractivity contribution is 7.98. The minimum atomic E-state index is -1.01. The molecule has 0 bridgehead atoms. The van der Waals surface area contributed by atoms with Crippen molar-refractivity contribution in [3.8, 4) is 0 Å². The van der Waals surface area contributed by atoms with E-state index in [-0.39, 0.29) is 5.91 Å². The molecule has 0 radical (unpaired) electrons. The number of hydrogen-bond donors (Lipinski definition) is 2.